The van der Waals surface area contributed by atoms with Crippen LogP contribution in [0.4, 0.5) is 0 Å². The van der Waals surface area contributed by atoms with E-state index in [0.717, 1.165) is 15.8 Å². The Morgan fingerprint density at radius 3 is 2.79 bits per heavy atom. The van der Waals surface area contributed by atoms with E-state index in [2.05, 4.69) is 37.2 Å². The summed E-state index contributed by atoms with van der Waals surface area (Å²) in [6.45, 7) is 6.48. The zero-order chi connectivity index (χ0) is 10.6. The Morgan fingerprint density at radius 1 is 1.57 bits per heavy atom. The highest BCUT2D eigenvalue weighted by Gasteiger charge is 2.17. The largest absolute Gasteiger partial charge is 0.234 e. The Balaban J connectivity index is 2.57. The van der Waals surface area contributed by atoms with Gasteiger partial charge in [-0.1, -0.05) is 32.5 Å². The first-order valence-corrected chi connectivity index (χ1v) is 6.36. The van der Waals surface area contributed by atoms with Gasteiger partial charge in [-0.3, -0.25) is 0 Å². The van der Waals surface area contributed by atoms with Gasteiger partial charge in [0.1, 0.15) is 4.34 Å². The fourth-order valence-corrected chi connectivity index (χ4v) is 2.82. The molecule has 4 heteroatoms. The zero-order valence-corrected chi connectivity index (χ0v) is 10.3. The highest BCUT2D eigenvalue weighted by molar-refractivity contribution is 8.01. The lowest BCUT2D eigenvalue weighted by Crippen LogP contribution is -2.11. The van der Waals surface area contributed by atoms with Crippen molar-refractivity contribution in [2.24, 2.45) is 0 Å². The van der Waals surface area contributed by atoms with E-state index in [1.165, 1.54) is 0 Å². The topological polar surface area (TPSA) is 36.7 Å². The maximum atomic E-state index is 8.40. The number of hydrogen-bond donors (Lipinski definition) is 0. The first-order valence-electron chi connectivity index (χ1n) is 4.50. The van der Waals surface area contributed by atoms with Gasteiger partial charge in [-0.15, -0.1) is 11.3 Å². The molecular weight excluding hydrogens is 212 g/mol. The maximum Gasteiger partial charge on any atom is 0.150 e. The van der Waals surface area contributed by atoms with Gasteiger partial charge in [-0.25, -0.2) is 4.98 Å². The third kappa shape index (κ3) is 3.32. The monoisotopic (exact) mass is 226 g/mol. The summed E-state index contributed by atoms with van der Waals surface area (Å²) in [6.07, 6.45) is 0.592. The van der Waals surface area contributed by atoms with Crippen molar-refractivity contribution >= 4 is 23.1 Å². The van der Waals surface area contributed by atoms with Crippen molar-refractivity contribution in [1.82, 2.24) is 4.98 Å². The molecule has 14 heavy (non-hydrogen) atoms. The number of hydrogen-bond acceptors (Lipinski definition) is 4. The number of nitrogens with zero attached hydrogens (tertiary/aromatic N) is 2. The first kappa shape index (κ1) is 11.5. The smallest absolute Gasteiger partial charge is 0.150 e. The number of thiazole rings is 1. The van der Waals surface area contributed by atoms with E-state index in [9.17, 15) is 0 Å². The molecule has 0 spiro atoms. The molecule has 0 aliphatic rings. The predicted octanol–water partition coefficient (Wildman–Crippen LogP) is 3.45. The second kappa shape index (κ2) is 4.81. The van der Waals surface area contributed by atoms with Crippen molar-refractivity contribution in [2.45, 2.75) is 36.9 Å². The molecule has 1 aromatic heterocycles. The van der Waals surface area contributed by atoms with Crippen molar-refractivity contribution in [3.8, 4) is 6.07 Å². The molecule has 0 saturated carbocycles. The average molecular weight is 226 g/mol. The van der Waals surface area contributed by atoms with Crippen LogP contribution in [0, 0.1) is 11.3 Å². The molecular formula is C10H14N2S2. The Kier molecular flexibility index (Phi) is 3.97. The van der Waals surface area contributed by atoms with Crippen LogP contribution in [-0.4, -0.2) is 10.7 Å². The summed E-state index contributed by atoms with van der Waals surface area (Å²) in [6, 6.07) is 2.13. The highest BCUT2D eigenvalue weighted by atomic mass is 32.2. The summed E-state index contributed by atoms with van der Waals surface area (Å²) >= 11 is 3.34. The minimum Gasteiger partial charge on any atom is -0.234 e. The van der Waals surface area contributed by atoms with Gasteiger partial charge in [-0.2, -0.15) is 5.26 Å². The molecule has 0 saturated heterocycles. The molecule has 0 aliphatic heterocycles. The summed E-state index contributed by atoms with van der Waals surface area (Å²) in [5, 5.41) is 10.5. The molecule has 2 nitrogen and oxygen atoms in total. The summed E-state index contributed by atoms with van der Waals surface area (Å²) in [5.41, 5.74) is 1.27. The number of thioether (sulfide) groups is 1. The number of aromatic nitrogens is 1. The van der Waals surface area contributed by atoms with Gasteiger partial charge in [0.15, 0.2) is 0 Å². The molecule has 0 radical (unpaired) electrons. The van der Waals surface area contributed by atoms with E-state index in [1.807, 2.05) is 0 Å². The third-order valence-electron chi connectivity index (χ3n) is 1.69. The van der Waals surface area contributed by atoms with Gasteiger partial charge in [0.2, 0.25) is 0 Å². The molecule has 1 aromatic rings. The van der Waals surface area contributed by atoms with Gasteiger partial charge in [0.25, 0.3) is 0 Å². The van der Waals surface area contributed by atoms with Crippen LogP contribution >= 0.6 is 23.1 Å². The predicted molar refractivity (Wildman–Crippen MR) is 61.8 cm³/mol. The lowest BCUT2D eigenvalue weighted by Gasteiger charge is -2.13. The van der Waals surface area contributed by atoms with Crippen LogP contribution in [-0.2, 0) is 5.41 Å². The van der Waals surface area contributed by atoms with Crippen LogP contribution in [0.15, 0.2) is 9.72 Å². The summed E-state index contributed by atoms with van der Waals surface area (Å²) in [5.74, 6) is 0.841. The Hall–Kier alpha value is -0.530. The van der Waals surface area contributed by atoms with Crippen LogP contribution in [0.5, 0.6) is 0 Å². The SMILES string of the molecule is CC(C)(C)c1csc(SCCC#N)n1. The number of nitriles is 1. The summed E-state index contributed by atoms with van der Waals surface area (Å²) in [4.78, 5) is 4.53. The fourth-order valence-electron chi connectivity index (χ4n) is 0.852. The van der Waals surface area contributed by atoms with Crippen LogP contribution in [0.1, 0.15) is 32.9 Å². The van der Waals surface area contributed by atoms with Crippen molar-refractivity contribution < 1.29 is 0 Å². The van der Waals surface area contributed by atoms with E-state index < -0.39 is 0 Å². The van der Waals surface area contributed by atoms with Crippen molar-refractivity contribution in [3.63, 3.8) is 0 Å². The molecule has 0 aliphatic carbocycles. The Bertz CT molecular complexity index is 331. The van der Waals surface area contributed by atoms with E-state index in [-0.39, 0.29) is 5.41 Å². The lowest BCUT2D eigenvalue weighted by atomic mass is 9.93. The highest BCUT2D eigenvalue weighted by Crippen LogP contribution is 2.29. The van der Waals surface area contributed by atoms with Crippen LogP contribution in [0.25, 0.3) is 0 Å². The molecule has 1 rings (SSSR count). The van der Waals surface area contributed by atoms with E-state index >= 15 is 0 Å². The molecule has 1 heterocycles. The molecule has 0 atom stereocenters. The molecule has 0 fully saturated rings. The standard InChI is InChI=1S/C10H14N2S2/c1-10(2,3)8-7-14-9(12-8)13-6-4-5-11/h7H,4,6H2,1-3H3. The quantitative estimate of drug-likeness (QED) is 0.585. The normalized spacial score (nSPS) is 11.3. The van der Waals surface area contributed by atoms with Crippen LogP contribution < -0.4 is 0 Å². The fraction of sp³-hybridized carbons (Fsp3) is 0.600. The summed E-state index contributed by atoms with van der Waals surface area (Å²) < 4.78 is 1.07. The first-order chi connectivity index (χ1) is 6.54. The lowest BCUT2D eigenvalue weighted by molar-refractivity contribution is 0.569. The average Bonchev–Trinajstić information content (AvgIpc) is 2.52. The second-order valence-electron chi connectivity index (χ2n) is 4.01. The van der Waals surface area contributed by atoms with Gasteiger partial charge in [0.05, 0.1) is 11.8 Å². The van der Waals surface area contributed by atoms with E-state index in [0.29, 0.717) is 6.42 Å². The molecule has 0 N–H and O–H groups in total. The third-order valence-corrected chi connectivity index (χ3v) is 3.71. The van der Waals surface area contributed by atoms with Crippen LogP contribution in [0.2, 0.25) is 0 Å². The minimum absolute atomic E-state index is 0.130. The van der Waals surface area contributed by atoms with Crippen molar-refractivity contribution in [3.05, 3.63) is 11.1 Å². The van der Waals surface area contributed by atoms with Gasteiger partial charge < -0.3 is 0 Å². The zero-order valence-electron chi connectivity index (χ0n) is 8.70. The van der Waals surface area contributed by atoms with Crippen LogP contribution in [0.3, 0.4) is 0 Å². The van der Waals surface area contributed by atoms with Gasteiger partial charge in [-0.05, 0) is 0 Å². The number of rotatable bonds is 3. The second-order valence-corrected chi connectivity index (χ2v) is 6.21. The molecule has 76 valence electrons. The van der Waals surface area contributed by atoms with E-state index in [4.69, 9.17) is 5.26 Å². The van der Waals surface area contributed by atoms with Crippen molar-refractivity contribution in [1.29, 1.82) is 5.26 Å². The maximum absolute atomic E-state index is 8.40. The van der Waals surface area contributed by atoms with Gasteiger partial charge in [0, 0.05) is 23.0 Å². The molecule has 0 amide bonds. The Labute approximate surface area is 93.4 Å². The van der Waals surface area contributed by atoms with Gasteiger partial charge >= 0.3 is 0 Å². The molecule has 0 unspecified atom stereocenters. The molecule has 0 bridgehead atoms. The Morgan fingerprint density at radius 2 is 2.29 bits per heavy atom. The van der Waals surface area contributed by atoms with E-state index in [1.54, 1.807) is 23.1 Å². The molecule has 0 aromatic carbocycles. The van der Waals surface area contributed by atoms with Crippen molar-refractivity contribution in [2.75, 3.05) is 5.75 Å². The summed E-state index contributed by atoms with van der Waals surface area (Å²) in [7, 11) is 0. The minimum atomic E-state index is 0.130.